The van der Waals surface area contributed by atoms with Gasteiger partial charge in [0.1, 0.15) is 6.04 Å². The maximum absolute atomic E-state index is 11.3. The van der Waals surface area contributed by atoms with Crippen molar-refractivity contribution < 1.29 is 18.3 Å². The van der Waals surface area contributed by atoms with E-state index in [2.05, 4.69) is 5.32 Å². The van der Waals surface area contributed by atoms with Crippen molar-refractivity contribution in [2.45, 2.75) is 25.4 Å². The lowest BCUT2D eigenvalue weighted by molar-refractivity contribution is -0.139. The fourth-order valence-corrected chi connectivity index (χ4v) is 3.59. The highest BCUT2D eigenvalue weighted by Gasteiger charge is 2.39. The Balaban J connectivity index is 2.91. The SMILES string of the molecule is CC1(C)CS(=O)(=O)C[C@@H](C(=O)O)N1. The zero-order chi connectivity index (χ0) is 10.3. The van der Waals surface area contributed by atoms with E-state index in [0.717, 1.165) is 0 Å². The smallest absolute Gasteiger partial charge is 0.321 e. The molecule has 6 heteroatoms. The Morgan fingerprint density at radius 2 is 2.08 bits per heavy atom. The number of hydrogen-bond donors (Lipinski definition) is 2. The van der Waals surface area contributed by atoms with Crippen LogP contribution < -0.4 is 5.32 Å². The van der Waals surface area contributed by atoms with Crippen molar-refractivity contribution in [3.63, 3.8) is 0 Å². The summed E-state index contributed by atoms with van der Waals surface area (Å²) in [6.07, 6.45) is 0. The molecule has 0 aromatic rings. The second kappa shape index (κ2) is 2.95. The van der Waals surface area contributed by atoms with Crippen LogP contribution in [0.25, 0.3) is 0 Å². The first-order valence-electron chi connectivity index (χ1n) is 3.93. The lowest BCUT2D eigenvalue weighted by atomic mass is 10.1. The van der Waals surface area contributed by atoms with Crippen molar-refractivity contribution in [3.8, 4) is 0 Å². The summed E-state index contributed by atoms with van der Waals surface area (Å²) in [5, 5.41) is 11.4. The van der Waals surface area contributed by atoms with Gasteiger partial charge < -0.3 is 5.11 Å². The van der Waals surface area contributed by atoms with Crippen LogP contribution in [0, 0.1) is 0 Å². The van der Waals surface area contributed by atoms with Crippen LogP contribution in [-0.4, -0.2) is 42.6 Å². The monoisotopic (exact) mass is 207 g/mol. The summed E-state index contributed by atoms with van der Waals surface area (Å²) in [6, 6.07) is -0.978. The van der Waals surface area contributed by atoms with E-state index in [0.29, 0.717) is 0 Å². The van der Waals surface area contributed by atoms with Crippen LogP contribution in [-0.2, 0) is 14.6 Å². The number of carbonyl (C=O) groups is 1. The molecule has 0 aliphatic carbocycles. The summed E-state index contributed by atoms with van der Waals surface area (Å²) in [7, 11) is -3.23. The molecule has 0 saturated carbocycles. The second-order valence-corrected chi connectivity index (χ2v) is 6.08. The summed E-state index contributed by atoms with van der Waals surface area (Å²) in [5.41, 5.74) is -0.653. The van der Waals surface area contributed by atoms with Crippen LogP contribution in [0.15, 0.2) is 0 Å². The van der Waals surface area contributed by atoms with Gasteiger partial charge in [0.2, 0.25) is 0 Å². The minimum Gasteiger partial charge on any atom is -0.480 e. The number of aliphatic carboxylic acids is 1. The van der Waals surface area contributed by atoms with E-state index in [1.165, 1.54) is 0 Å². The zero-order valence-corrected chi connectivity index (χ0v) is 8.39. The number of carboxylic acids is 1. The molecule has 0 unspecified atom stereocenters. The molecule has 0 bridgehead atoms. The fraction of sp³-hybridized carbons (Fsp3) is 0.857. The van der Waals surface area contributed by atoms with Gasteiger partial charge in [-0.2, -0.15) is 0 Å². The standard InChI is InChI=1S/C7H13NO4S/c1-7(2)4-13(11,12)3-5(8-7)6(9)10/h5,8H,3-4H2,1-2H3,(H,9,10)/t5-/m0/s1. The molecule has 1 atom stereocenters. The van der Waals surface area contributed by atoms with Crippen LogP contribution in [0.2, 0.25) is 0 Å². The number of nitrogens with one attached hydrogen (secondary N) is 1. The number of hydrogen-bond acceptors (Lipinski definition) is 4. The Labute approximate surface area is 77.1 Å². The zero-order valence-electron chi connectivity index (χ0n) is 7.57. The summed E-state index contributed by atoms with van der Waals surface area (Å²) in [5.74, 6) is -1.44. The van der Waals surface area contributed by atoms with Gasteiger partial charge in [-0.15, -0.1) is 0 Å². The molecule has 13 heavy (non-hydrogen) atoms. The highest BCUT2D eigenvalue weighted by molar-refractivity contribution is 7.91. The van der Waals surface area contributed by atoms with Gasteiger partial charge in [0.05, 0.1) is 11.5 Å². The molecule has 1 aliphatic heterocycles. The van der Waals surface area contributed by atoms with E-state index in [1.807, 2.05) is 0 Å². The first kappa shape index (κ1) is 10.5. The topological polar surface area (TPSA) is 83.5 Å². The van der Waals surface area contributed by atoms with E-state index < -0.39 is 27.4 Å². The molecule has 0 spiro atoms. The van der Waals surface area contributed by atoms with Gasteiger partial charge in [0, 0.05) is 5.54 Å². The Bertz CT molecular complexity index is 319. The Morgan fingerprint density at radius 3 is 2.46 bits per heavy atom. The summed E-state index contributed by atoms with van der Waals surface area (Å²) in [6.45, 7) is 3.36. The predicted molar refractivity (Wildman–Crippen MR) is 47.3 cm³/mol. The molecule has 1 heterocycles. The maximum atomic E-state index is 11.3. The van der Waals surface area contributed by atoms with Gasteiger partial charge in [-0.3, -0.25) is 10.1 Å². The molecule has 0 aromatic carbocycles. The fourth-order valence-electron chi connectivity index (χ4n) is 1.55. The third-order valence-electron chi connectivity index (χ3n) is 1.86. The number of rotatable bonds is 1. The molecular weight excluding hydrogens is 194 g/mol. The lowest BCUT2D eigenvalue weighted by Crippen LogP contribution is -2.60. The van der Waals surface area contributed by atoms with Crippen LogP contribution in [0.4, 0.5) is 0 Å². The molecular formula is C7H13NO4S. The number of sulfone groups is 1. The first-order valence-corrected chi connectivity index (χ1v) is 5.75. The third kappa shape index (κ3) is 2.67. The van der Waals surface area contributed by atoms with Gasteiger partial charge in [-0.1, -0.05) is 0 Å². The largest absolute Gasteiger partial charge is 0.480 e. The molecule has 1 fully saturated rings. The Kier molecular flexibility index (Phi) is 2.38. The van der Waals surface area contributed by atoms with E-state index in [-0.39, 0.29) is 11.5 Å². The van der Waals surface area contributed by atoms with Crippen molar-refractivity contribution in [2.24, 2.45) is 0 Å². The van der Waals surface area contributed by atoms with Crippen molar-refractivity contribution >= 4 is 15.8 Å². The van der Waals surface area contributed by atoms with Gasteiger partial charge in [0.25, 0.3) is 0 Å². The van der Waals surface area contributed by atoms with Crippen LogP contribution >= 0.6 is 0 Å². The van der Waals surface area contributed by atoms with Crippen LogP contribution in [0.1, 0.15) is 13.8 Å². The normalized spacial score (nSPS) is 31.1. The quantitative estimate of drug-likeness (QED) is 0.590. The van der Waals surface area contributed by atoms with E-state index in [4.69, 9.17) is 5.11 Å². The third-order valence-corrected chi connectivity index (χ3v) is 3.87. The molecule has 1 saturated heterocycles. The molecule has 1 aliphatic rings. The van der Waals surface area contributed by atoms with Crippen molar-refractivity contribution in [1.29, 1.82) is 0 Å². The molecule has 5 nitrogen and oxygen atoms in total. The van der Waals surface area contributed by atoms with Crippen LogP contribution in [0.3, 0.4) is 0 Å². The molecule has 2 N–H and O–H groups in total. The summed E-state index contributed by atoms with van der Waals surface area (Å²) < 4.78 is 22.6. The van der Waals surface area contributed by atoms with Crippen molar-refractivity contribution in [2.75, 3.05) is 11.5 Å². The lowest BCUT2D eigenvalue weighted by Gasteiger charge is -2.34. The van der Waals surface area contributed by atoms with E-state index >= 15 is 0 Å². The highest BCUT2D eigenvalue weighted by atomic mass is 32.2. The minimum absolute atomic E-state index is 0.0101. The second-order valence-electron chi connectivity index (χ2n) is 3.97. The first-order chi connectivity index (χ1) is 5.72. The van der Waals surface area contributed by atoms with Crippen molar-refractivity contribution in [1.82, 2.24) is 5.32 Å². The molecule has 1 rings (SSSR count). The minimum atomic E-state index is -3.23. The van der Waals surface area contributed by atoms with Gasteiger partial charge in [0.15, 0.2) is 9.84 Å². The average molecular weight is 207 g/mol. The van der Waals surface area contributed by atoms with Gasteiger partial charge >= 0.3 is 5.97 Å². The van der Waals surface area contributed by atoms with E-state index in [9.17, 15) is 13.2 Å². The number of carboxylic acid groups (broad SMARTS) is 1. The summed E-state index contributed by atoms with van der Waals surface area (Å²) >= 11 is 0. The van der Waals surface area contributed by atoms with Gasteiger partial charge in [-0.25, -0.2) is 8.42 Å². The Hall–Kier alpha value is -0.620. The van der Waals surface area contributed by atoms with Crippen molar-refractivity contribution in [3.05, 3.63) is 0 Å². The van der Waals surface area contributed by atoms with E-state index in [1.54, 1.807) is 13.8 Å². The molecule has 0 amide bonds. The molecule has 0 aromatic heterocycles. The van der Waals surface area contributed by atoms with Gasteiger partial charge in [-0.05, 0) is 13.8 Å². The van der Waals surface area contributed by atoms with Crippen LogP contribution in [0.5, 0.6) is 0 Å². The molecule has 76 valence electrons. The maximum Gasteiger partial charge on any atom is 0.321 e. The summed E-state index contributed by atoms with van der Waals surface area (Å²) in [4.78, 5) is 10.6. The predicted octanol–water partition coefficient (Wildman–Crippen LogP) is -0.764. The highest BCUT2D eigenvalue weighted by Crippen LogP contribution is 2.15. The Morgan fingerprint density at radius 1 is 1.54 bits per heavy atom. The molecule has 0 radical (unpaired) electrons. The average Bonchev–Trinajstić information content (AvgIpc) is 1.79.